The van der Waals surface area contributed by atoms with E-state index < -0.39 is 0 Å². The van der Waals surface area contributed by atoms with E-state index in [-0.39, 0.29) is 24.0 Å². The summed E-state index contributed by atoms with van der Waals surface area (Å²) in [5, 5.41) is 4.22. The summed E-state index contributed by atoms with van der Waals surface area (Å²) < 4.78 is 7.46. The average Bonchev–Trinajstić information content (AvgIpc) is 3.17. The molecule has 1 aliphatic rings. The highest BCUT2D eigenvalue weighted by Gasteiger charge is 2.17. The molecule has 4 rings (SSSR count). The molecule has 0 radical (unpaired) electrons. The zero-order chi connectivity index (χ0) is 17.2. The lowest BCUT2D eigenvalue weighted by Crippen LogP contribution is -2.34. The first-order valence-corrected chi connectivity index (χ1v) is 8.62. The van der Waals surface area contributed by atoms with Crippen molar-refractivity contribution in [1.82, 2.24) is 9.88 Å². The number of para-hydroxylation sites is 2. The van der Waals surface area contributed by atoms with E-state index in [9.17, 15) is 9.59 Å². The molecule has 128 valence electrons. The van der Waals surface area contributed by atoms with E-state index >= 15 is 0 Å². The highest BCUT2D eigenvalue weighted by atomic mass is 16.5. The highest BCUT2D eigenvalue weighted by Crippen LogP contribution is 2.19. The van der Waals surface area contributed by atoms with Crippen molar-refractivity contribution in [2.45, 2.75) is 25.5 Å². The summed E-state index contributed by atoms with van der Waals surface area (Å²) in [5.74, 6) is -0.0746. The number of rotatable bonds is 4. The monoisotopic (exact) mass is 336 g/mol. The fourth-order valence-electron chi connectivity index (χ4n) is 3.48. The van der Waals surface area contributed by atoms with Crippen molar-refractivity contribution in [1.29, 1.82) is 0 Å². The van der Waals surface area contributed by atoms with Gasteiger partial charge >= 0.3 is 0 Å². The van der Waals surface area contributed by atoms with Gasteiger partial charge in [-0.05, 0) is 37.1 Å². The Labute approximate surface area is 145 Å². The molecule has 0 saturated carbocycles. The van der Waals surface area contributed by atoms with Crippen LogP contribution in [0.25, 0.3) is 21.8 Å². The molecule has 2 heterocycles. The minimum atomic E-state index is -0.0746. The van der Waals surface area contributed by atoms with Crippen LogP contribution in [0.4, 0.5) is 0 Å². The van der Waals surface area contributed by atoms with Crippen LogP contribution in [0, 0.1) is 0 Å². The summed E-state index contributed by atoms with van der Waals surface area (Å²) in [4.78, 5) is 25.2. The first kappa shape index (κ1) is 15.8. The molecule has 0 spiro atoms. The predicted octanol–water partition coefficient (Wildman–Crippen LogP) is 2.45. The molecule has 25 heavy (non-hydrogen) atoms. The number of carbonyl (C=O) groups is 1. The molecule has 1 fully saturated rings. The average molecular weight is 336 g/mol. The molecular formula is C20H20N2O3. The predicted molar refractivity (Wildman–Crippen MR) is 97.7 cm³/mol. The van der Waals surface area contributed by atoms with Gasteiger partial charge in [-0.1, -0.05) is 24.3 Å². The van der Waals surface area contributed by atoms with E-state index in [1.807, 2.05) is 53.1 Å². The van der Waals surface area contributed by atoms with E-state index in [0.29, 0.717) is 17.3 Å². The number of ether oxygens (including phenoxy) is 1. The second kappa shape index (κ2) is 6.69. The van der Waals surface area contributed by atoms with Gasteiger partial charge in [-0.3, -0.25) is 9.59 Å². The fourth-order valence-corrected chi connectivity index (χ4v) is 3.48. The van der Waals surface area contributed by atoms with Gasteiger partial charge in [0.25, 0.3) is 0 Å². The van der Waals surface area contributed by atoms with E-state index in [1.54, 1.807) is 0 Å². The van der Waals surface area contributed by atoms with Gasteiger partial charge in [-0.2, -0.15) is 0 Å². The second-order valence-corrected chi connectivity index (χ2v) is 6.39. The normalized spacial score (nSPS) is 17.2. The molecule has 0 bridgehead atoms. The summed E-state index contributed by atoms with van der Waals surface area (Å²) in [6.45, 7) is 1.48. The summed E-state index contributed by atoms with van der Waals surface area (Å²) in [6, 6.07) is 14.9. The molecule has 1 aromatic heterocycles. The van der Waals surface area contributed by atoms with Gasteiger partial charge < -0.3 is 14.6 Å². The molecular weight excluding hydrogens is 316 g/mol. The Hall–Kier alpha value is -2.66. The first-order valence-electron chi connectivity index (χ1n) is 8.62. The lowest BCUT2D eigenvalue weighted by Gasteiger charge is -2.16. The maximum absolute atomic E-state index is 12.7. The Morgan fingerprint density at radius 1 is 1.08 bits per heavy atom. The van der Waals surface area contributed by atoms with Gasteiger partial charge in [0, 0.05) is 23.9 Å². The lowest BCUT2D eigenvalue weighted by molar-refractivity contribution is -0.122. The SMILES string of the molecule is O=C(Cn1c2ccccc2c(=O)c2ccccc21)NC[C@H]1CCCO1. The Morgan fingerprint density at radius 3 is 2.32 bits per heavy atom. The Morgan fingerprint density at radius 2 is 1.72 bits per heavy atom. The molecule has 0 unspecified atom stereocenters. The standard InChI is InChI=1S/C20H20N2O3/c23-19(21-12-14-6-5-11-25-14)13-22-17-9-3-1-7-15(17)20(24)16-8-2-4-10-18(16)22/h1-4,7-10,14H,5-6,11-13H2,(H,21,23)/t14-/m1/s1. The fraction of sp³-hybridized carbons (Fsp3) is 0.300. The highest BCUT2D eigenvalue weighted by molar-refractivity contribution is 5.94. The summed E-state index contributed by atoms with van der Waals surface area (Å²) in [6.07, 6.45) is 2.16. The number of amides is 1. The minimum absolute atomic E-state index is 0.00205. The Kier molecular flexibility index (Phi) is 4.24. The summed E-state index contributed by atoms with van der Waals surface area (Å²) >= 11 is 0. The molecule has 0 aliphatic carbocycles. The molecule has 1 aliphatic heterocycles. The number of fused-ring (bicyclic) bond motifs is 2. The Balaban J connectivity index is 1.70. The zero-order valence-corrected chi connectivity index (χ0v) is 13.9. The number of pyridine rings is 1. The van der Waals surface area contributed by atoms with Gasteiger partial charge in [-0.15, -0.1) is 0 Å². The van der Waals surface area contributed by atoms with Crippen LogP contribution in [0.5, 0.6) is 0 Å². The molecule has 1 atom stereocenters. The van der Waals surface area contributed by atoms with Crippen LogP contribution >= 0.6 is 0 Å². The number of carbonyl (C=O) groups excluding carboxylic acids is 1. The molecule has 5 heteroatoms. The quantitative estimate of drug-likeness (QED) is 0.745. The van der Waals surface area contributed by atoms with Crippen LogP contribution in [0.1, 0.15) is 12.8 Å². The lowest BCUT2D eigenvalue weighted by atomic mass is 10.1. The molecule has 1 saturated heterocycles. The van der Waals surface area contributed by atoms with Crippen molar-refractivity contribution in [3.63, 3.8) is 0 Å². The molecule has 3 aromatic rings. The van der Waals surface area contributed by atoms with Gasteiger partial charge in [0.05, 0.1) is 17.1 Å². The smallest absolute Gasteiger partial charge is 0.240 e. The van der Waals surface area contributed by atoms with E-state index in [1.165, 1.54) is 0 Å². The second-order valence-electron chi connectivity index (χ2n) is 6.39. The van der Waals surface area contributed by atoms with Crippen molar-refractivity contribution in [3.05, 3.63) is 58.8 Å². The maximum Gasteiger partial charge on any atom is 0.240 e. The molecule has 1 amide bonds. The van der Waals surface area contributed by atoms with Gasteiger partial charge in [0.2, 0.25) is 5.91 Å². The molecule has 1 N–H and O–H groups in total. The van der Waals surface area contributed by atoms with Crippen molar-refractivity contribution in [2.24, 2.45) is 0 Å². The number of aromatic nitrogens is 1. The summed E-state index contributed by atoms with van der Waals surface area (Å²) in [5.41, 5.74) is 1.55. The number of nitrogens with one attached hydrogen (secondary N) is 1. The van der Waals surface area contributed by atoms with Crippen molar-refractivity contribution < 1.29 is 9.53 Å². The minimum Gasteiger partial charge on any atom is -0.376 e. The molecule has 2 aromatic carbocycles. The molecule has 5 nitrogen and oxygen atoms in total. The van der Waals surface area contributed by atoms with Gasteiger partial charge in [-0.25, -0.2) is 0 Å². The van der Waals surface area contributed by atoms with Gasteiger partial charge in [0.1, 0.15) is 6.54 Å². The van der Waals surface area contributed by atoms with Crippen molar-refractivity contribution in [2.75, 3.05) is 13.2 Å². The Bertz CT molecular complexity index is 927. The summed E-state index contributed by atoms with van der Waals surface area (Å²) in [7, 11) is 0. The van der Waals surface area contributed by atoms with Crippen LogP contribution in [-0.2, 0) is 16.1 Å². The van der Waals surface area contributed by atoms with Crippen LogP contribution in [0.15, 0.2) is 53.3 Å². The number of hydrogen-bond donors (Lipinski definition) is 1. The zero-order valence-electron chi connectivity index (χ0n) is 13.9. The first-order chi connectivity index (χ1) is 12.2. The topological polar surface area (TPSA) is 60.3 Å². The third-order valence-corrected chi connectivity index (χ3v) is 4.73. The van der Waals surface area contributed by atoms with Crippen LogP contribution < -0.4 is 10.7 Å². The van der Waals surface area contributed by atoms with Crippen molar-refractivity contribution >= 4 is 27.7 Å². The number of hydrogen-bond acceptors (Lipinski definition) is 3. The number of nitrogens with zero attached hydrogens (tertiary/aromatic N) is 1. The maximum atomic E-state index is 12.7. The third-order valence-electron chi connectivity index (χ3n) is 4.73. The van der Waals surface area contributed by atoms with Gasteiger partial charge in [0.15, 0.2) is 5.43 Å². The van der Waals surface area contributed by atoms with Crippen LogP contribution in [0.3, 0.4) is 0 Å². The number of benzene rings is 2. The van der Waals surface area contributed by atoms with Crippen molar-refractivity contribution in [3.8, 4) is 0 Å². The van der Waals surface area contributed by atoms with Crippen LogP contribution in [-0.4, -0.2) is 29.7 Å². The van der Waals surface area contributed by atoms with E-state index in [0.717, 1.165) is 30.5 Å². The van der Waals surface area contributed by atoms with Crippen LogP contribution in [0.2, 0.25) is 0 Å². The largest absolute Gasteiger partial charge is 0.376 e. The van der Waals surface area contributed by atoms with E-state index in [4.69, 9.17) is 4.74 Å². The van der Waals surface area contributed by atoms with E-state index in [2.05, 4.69) is 5.32 Å². The third kappa shape index (κ3) is 3.03.